The second-order valence-electron chi connectivity index (χ2n) is 18.8. The average Bonchev–Trinajstić information content (AvgIpc) is 3.08. The van der Waals surface area contributed by atoms with Crippen molar-refractivity contribution < 1.29 is 38.7 Å². The van der Waals surface area contributed by atoms with Crippen molar-refractivity contribution in [2.24, 2.45) is 21.7 Å². The summed E-state index contributed by atoms with van der Waals surface area (Å²) in [7, 11) is 0. The molecule has 308 valence electrons. The summed E-state index contributed by atoms with van der Waals surface area (Å²) in [5.74, 6) is -0.667. The van der Waals surface area contributed by atoms with Gasteiger partial charge in [0.05, 0.1) is 13.2 Å². The van der Waals surface area contributed by atoms with Crippen molar-refractivity contribution in [3.8, 4) is 23.0 Å². The Hall–Kier alpha value is -5.12. The van der Waals surface area contributed by atoms with Gasteiger partial charge in [-0.2, -0.15) is 0 Å². The van der Waals surface area contributed by atoms with E-state index in [-0.39, 0.29) is 59.5 Å². The number of nitrogens with zero attached hydrogens (tertiary/aromatic N) is 2. The maximum absolute atomic E-state index is 12.0. The number of hydrogen-bond acceptors (Lipinski definition) is 8. The van der Waals surface area contributed by atoms with Gasteiger partial charge in [0, 0.05) is 29.3 Å². The van der Waals surface area contributed by atoms with E-state index in [1.165, 1.54) is 12.1 Å². The second kappa shape index (κ2) is 18.9. The van der Waals surface area contributed by atoms with Crippen LogP contribution in [0.25, 0.3) is 21.8 Å². The van der Waals surface area contributed by atoms with Gasteiger partial charge in [-0.05, 0) is 71.6 Å². The Morgan fingerprint density at radius 1 is 0.561 bits per heavy atom. The number of ether oxygens (including phenoxy) is 4. The Morgan fingerprint density at radius 2 is 0.947 bits per heavy atom. The first kappa shape index (κ1) is 44.6. The van der Waals surface area contributed by atoms with Gasteiger partial charge in [0.1, 0.15) is 47.2 Å². The van der Waals surface area contributed by atoms with Crippen molar-refractivity contribution in [1.82, 2.24) is 9.97 Å². The number of aromatic nitrogens is 2. The molecular weight excluding hydrogens is 721 g/mol. The smallest absolute Gasteiger partial charge is 0.354 e. The molecule has 2 N–H and O–H groups in total. The van der Waals surface area contributed by atoms with Crippen molar-refractivity contribution >= 4 is 33.7 Å². The topological polar surface area (TPSA) is 137 Å². The molecule has 10 heteroatoms. The van der Waals surface area contributed by atoms with Crippen molar-refractivity contribution in [3.05, 3.63) is 84.2 Å². The Kier molecular flexibility index (Phi) is 14.8. The number of carboxylic acids is 2. The standard InChI is InChI=1S/C47H62N2O8/c1-44(2,3)30-46(7,8)22-11-13-24-56-38-28-34(42(50)51)48-40-32(38)18-15-20-36(40)54-26-17-27-55-37-21-16-19-33-39(29-35(43(52)53)49-41(33)37)57-25-14-12-23-47(9,10)31-45(4,5)6/h11-16,18-21,28-29H,17,22-27,30-31H2,1-10H3,(H,50,51)(H,52,53)/b13-11+,14-12+. The molecule has 0 saturated carbocycles. The molecule has 0 fully saturated rings. The molecule has 0 spiro atoms. The highest BCUT2D eigenvalue weighted by atomic mass is 16.5. The molecule has 2 aromatic heterocycles. The van der Waals surface area contributed by atoms with Crippen LogP contribution < -0.4 is 18.9 Å². The summed E-state index contributed by atoms with van der Waals surface area (Å²) >= 11 is 0. The van der Waals surface area contributed by atoms with Gasteiger partial charge >= 0.3 is 11.9 Å². The van der Waals surface area contributed by atoms with Gasteiger partial charge in [-0.3, -0.25) is 0 Å². The van der Waals surface area contributed by atoms with Crippen LogP contribution in [0.4, 0.5) is 0 Å². The molecule has 0 unspecified atom stereocenters. The first-order chi connectivity index (χ1) is 26.6. The molecule has 57 heavy (non-hydrogen) atoms. The van der Waals surface area contributed by atoms with Crippen LogP contribution in [0.5, 0.6) is 23.0 Å². The van der Waals surface area contributed by atoms with Crippen LogP contribution in [0.2, 0.25) is 0 Å². The number of para-hydroxylation sites is 2. The second-order valence-corrected chi connectivity index (χ2v) is 18.8. The van der Waals surface area contributed by atoms with E-state index in [4.69, 9.17) is 18.9 Å². The van der Waals surface area contributed by atoms with Crippen LogP contribution in [-0.4, -0.2) is 58.5 Å². The zero-order valence-corrected chi connectivity index (χ0v) is 35.5. The van der Waals surface area contributed by atoms with Crippen molar-refractivity contribution in [1.29, 1.82) is 0 Å². The van der Waals surface area contributed by atoms with Gasteiger partial charge in [-0.15, -0.1) is 0 Å². The summed E-state index contributed by atoms with van der Waals surface area (Å²) in [4.78, 5) is 32.8. The number of aromatic carboxylic acids is 2. The van der Waals surface area contributed by atoms with Crippen molar-refractivity contribution in [3.63, 3.8) is 0 Å². The number of benzene rings is 2. The van der Waals surface area contributed by atoms with E-state index in [0.29, 0.717) is 51.2 Å². The lowest BCUT2D eigenvalue weighted by molar-refractivity contribution is 0.0680. The van der Waals surface area contributed by atoms with E-state index in [1.807, 2.05) is 36.4 Å². The number of hydrogen-bond donors (Lipinski definition) is 2. The van der Waals surface area contributed by atoms with E-state index >= 15 is 0 Å². The number of allylic oxidation sites excluding steroid dienone is 2. The van der Waals surface area contributed by atoms with E-state index in [1.54, 1.807) is 12.1 Å². The number of rotatable bonds is 20. The molecule has 0 saturated heterocycles. The summed E-state index contributed by atoms with van der Waals surface area (Å²) in [6.45, 7) is 23.5. The molecule has 0 aliphatic heterocycles. The number of carbonyl (C=O) groups is 2. The molecule has 0 atom stereocenters. The highest BCUT2D eigenvalue weighted by Gasteiger charge is 2.25. The minimum absolute atomic E-state index is 0.140. The lowest BCUT2D eigenvalue weighted by atomic mass is 9.74. The highest BCUT2D eigenvalue weighted by molar-refractivity contribution is 5.96. The van der Waals surface area contributed by atoms with Crippen molar-refractivity contribution in [2.45, 2.75) is 101 Å². The highest BCUT2D eigenvalue weighted by Crippen LogP contribution is 2.38. The van der Waals surface area contributed by atoms with E-state index < -0.39 is 11.9 Å². The number of pyridine rings is 2. The lowest BCUT2D eigenvalue weighted by Gasteiger charge is -2.31. The maximum atomic E-state index is 12.0. The molecule has 2 aromatic carbocycles. The molecule has 2 heterocycles. The zero-order chi connectivity index (χ0) is 42.0. The van der Waals surface area contributed by atoms with E-state index in [9.17, 15) is 19.8 Å². The summed E-state index contributed by atoms with van der Waals surface area (Å²) in [6, 6.07) is 13.7. The fourth-order valence-corrected chi connectivity index (χ4v) is 7.73. The summed E-state index contributed by atoms with van der Waals surface area (Å²) in [6.07, 6.45) is 12.6. The Labute approximate surface area is 338 Å². The Morgan fingerprint density at radius 3 is 1.30 bits per heavy atom. The van der Waals surface area contributed by atoms with Gasteiger partial charge in [0.25, 0.3) is 0 Å². The first-order valence-electron chi connectivity index (χ1n) is 19.8. The predicted molar refractivity (Wildman–Crippen MR) is 227 cm³/mol. The Bertz CT molecular complexity index is 1920. The molecule has 0 aliphatic rings. The molecular formula is C47H62N2O8. The molecule has 0 amide bonds. The fraction of sp³-hybridized carbons (Fsp3) is 0.489. The van der Waals surface area contributed by atoms with Gasteiger partial charge in [0.15, 0.2) is 11.4 Å². The zero-order valence-electron chi connectivity index (χ0n) is 35.5. The molecule has 10 nitrogen and oxygen atoms in total. The molecule has 0 aliphatic carbocycles. The quantitative estimate of drug-likeness (QED) is 0.0658. The van der Waals surface area contributed by atoms with Crippen LogP contribution in [0, 0.1) is 21.7 Å². The molecule has 4 aromatic rings. The Balaban J connectivity index is 1.40. The minimum Gasteiger partial charge on any atom is -0.491 e. The largest absolute Gasteiger partial charge is 0.491 e. The first-order valence-corrected chi connectivity index (χ1v) is 19.8. The van der Waals surface area contributed by atoms with Gasteiger partial charge in [-0.25, -0.2) is 19.6 Å². The van der Waals surface area contributed by atoms with E-state index in [2.05, 4.69) is 91.4 Å². The normalized spacial score (nSPS) is 12.8. The van der Waals surface area contributed by atoms with Crippen LogP contribution in [0.1, 0.15) is 122 Å². The molecule has 4 rings (SSSR count). The average molecular weight is 783 g/mol. The lowest BCUT2D eigenvalue weighted by Crippen LogP contribution is -2.20. The van der Waals surface area contributed by atoms with Crippen LogP contribution in [-0.2, 0) is 0 Å². The van der Waals surface area contributed by atoms with Gasteiger partial charge in [-0.1, -0.05) is 106 Å². The monoisotopic (exact) mass is 782 g/mol. The third-order valence-corrected chi connectivity index (χ3v) is 9.13. The number of carboxylic acid groups (broad SMARTS) is 2. The van der Waals surface area contributed by atoms with Crippen LogP contribution >= 0.6 is 0 Å². The fourth-order valence-electron chi connectivity index (χ4n) is 7.73. The predicted octanol–water partition coefficient (Wildman–Crippen LogP) is 11.6. The summed E-state index contributed by atoms with van der Waals surface area (Å²) in [5.41, 5.74) is 1.23. The molecule has 0 bridgehead atoms. The summed E-state index contributed by atoms with van der Waals surface area (Å²) in [5, 5.41) is 20.9. The number of fused-ring (bicyclic) bond motifs is 2. The van der Waals surface area contributed by atoms with Gasteiger partial charge < -0.3 is 29.2 Å². The van der Waals surface area contributed by atoms with Crippen LogP contribution in [0.3, 0.4) is 0 Å². The van der Waals surface area contributed by atoms with Gasteiger partial charge in [0.2, 0.25) is 0 Å². The minimum atomic E-state index is -1.17. The third-order valence-electron chi connectivity index (χ3n) is 9.13. The van der Waals surface area contributed by atoms with Crippen molar-refractivity contribution in [2.75, 3.05) is 26.4 Å². The molecule has 0 radical (unpaired) electrons. The third kappa shape index (κ3) is 14.1. The van der Waals surface area contributed by atoms with E-state index in [0.717, 1.165) is 25.7 Å². The SMILES string of the molecule is CC(C)(C)CC(C)(C)C/C=C/COc1cc(C(=O)O)nc2c(OCCCOc3cccc4c(OC/C=C/CC(C)(C)CC(C)(C)C)cc(C(=O)O)nc34)cccc12. The summed E-state index contributed by atoms with van der Waals surface area (Å²) < 4.78 is 24.4. The van der Waals surface area contributed by atoms with Crippen LogP contribution in [0.15, 0.2) is 72.8 Å². The maximum Gasteiger partial charge on any atom is 0.354 e.